The smallest absolute Gasteiger partial charge is 0.244 e. The number of hydrogen-bond acceptors (Lipinski definition) is 4. The molecule has 0 fully saturated rings. The van der Waals surface area contributed by atoms with Gasteiger partial charge in [0.25, 0.3) is 0 Å². The van der Waals surface area contributed by atoms with Crippen LogP contribution in [0.5, 0.6) is 11.5 Å². The molecule has 0 radical (unpaired) electrons. The highest BCUT2D eigenvalue weighted by Crippen LogP contribution is 2.34. The molecule has 2 aromatic carbocycles. The molecule has 0 bridgehead atoms. The van der Waals surface area contributed by atoms with Crippen molar-refractivity contribution in [2.24, 2.45) is 0 Å². The fourth-order valence-corrected chi connectivity index (χ4v) is 2.48. The highest BCUT2D eigenvalue weighted by Gasteiger charge is 2.20. The van der Waals surface area contributed by atoms with Gasteiger partial charge in [-0.1, -0.05) is 12.1 Å². The summed E-state index contributed by atoms with van der Waals surface area (Å²) in [5.41, 5.74) is 0.568. The minimum Gasteiger partial charge on any atom is -0.486 e. The van der Waals surface area contributed by atoms with Gasteiger partial charge in [-0.15, -0.1) is 0 Å². The minimum atomic E-state index is -0.537. The van der Waals surface area contributed by atoms with E-state index in [0.29, 0.717) is 30.4 Å². The van der Waals surface area contributed by atoms with Gasteiger partial charge in [0, 0.05) is 18.7 Å². The lowest BCUT2D eigenvalue weighted by Crippen LogP contribution is -2.36. The van der Waals surface area contributed by atoms with E-state index in [9.17, 15) is 14.0 Å². The number of amides is 2. The summed E-state index contributed by atoms with van der Waals surface area (Å²) < 4.78 is 24.6. The molecule has 0 saturated heterocycles. The maximum Gasteiger partial charge on any atom is 0.244 e. The Hall–Kier alpha value is -3.09. The Morgan fingerprint density at radius 1 is 1.12 bits per heavy atom. The predicted molar refractivity (Wildman–Crippen MR) is 90.5 cm³/mol. The van der Waals surface area contributed by atoms with Crippen LogP contribution in [0.2, 0.25) is 0 Å². The Kier molecular flexibility index (Phi) is 4.83. The number of anilines is 2. The summed E-state index contributed by atoms with van der Waals surface area (Å²) in [7, 11) is 0. The lowest BCUT2D eigenvalue weighted by Gasteiger charge is -2.24. The second kappa shape index (κ2) is 7.21. The zero-order valence-corrected chi connectivity index (χ0v) is 13.6. The quantitative estimate of drug-likeness (QED) is 0.926. The van der Waals surface area contributed by atoms with Gasteiger partial charge in [-0.05, 0) is 24.3 Å². The van der Waals surface area contributed by atoms with Crippen molar-refractivity contribution >= 4 is 23.2 Å². The van der Waals surface area contributed by atoms with E-state index in [4.69, 9.17) is 9.47 Å². The highest BCUT2D eigenvalue weighted by molar-refractivity contribution is 6.02. The lowest BCUT2D eigenvalue weighted by molar-refractivity contribution is -0.120. The number of carbonyl (C=O) groups excluding carboxylic acids is 2. The maximum absolute atomic E-state index is 13.6. The summed E-state index contributed by atoms with van der Waals surface area (Å²) in [5, 5.41) is 2.46. The average molecular weight is 344 g/mol. The molecule has 0 atom stereocenters. The lowest BCUT2D eigenvalue weighted by atomic mass is 10.2. The van der Waals surface area contributed by atoms with Crippen molar-refractivity contribution in [3.8, 4) is 11.5 Å². The van der Waals surface area contributed by atoms with Crippen LogP contribution in [0.3, 0.4) is 0 Å². The van der Waals surface area contributed by atoms with E-state index in [-0.39, 0.29) is 18.1 Å². The third kappa shape index (κ3) is 3.88. The first-order chi connectivity index (χ1) is 12.0. The van der Waals surface area contributed by atoms with Gasteiger partial charge in [0.2, 0.25) is 11.8 Å². The molecule has 1 aliphatic heterocycles. The van der Waals surface area contributed by atoms with E-state index in [2.05, 4.69) is 5.32 Å². The molecule has 0 aliphatic carbocycles. The SMILES string of the molecule is CC(=O)N(CC(=O)Nc1ccccc1F)c1ccc2c(c1)OCCO2. The Labute approximate surface area is 144 Å². The highest BCUT2D eigenvalue weighted by atomic mass is 19.1. The van der Waals surface area contributed by atoms with Crippen molar-refractivity contribution in [3.05, 3.63) is 48.3 Å². The van der Waals surface area contributed by atoms with Gasteiger partial charge in [0.15, 0.2) is 11.5 Å². The monoisotopic (exact) mass is 344 g/mol. The van der Waals surface area contributed by atoms with E-state index in [0.717, 1.165) is 0 Å². The first-order valence-corrected chi connectivity index (χ1v) is 7.77. The zero-order valence-electron chi connectivity index (χ0n) is 13.6. The molecule has 3 rings (SSSR count). The Morgan fingerprint density at radius 3 is 2.56 bits per heavy atom. The molecule has 2 amide bonds. The van der Waals surface area contributed by atoms with Crippen LogP contribution in [0.4, 0.5) is 15.8 Å². The van der Waals surface area contributed by atoms with Gasteiger partial charge in [0.05, 0.1) is 5.69 Å². The molecule has 1 heterocycles. The van der Waals surface area contributed by atoms with Gasteiger partial charge in [-0.3, -0.25) is 9.59 Å². The summed E-state index contributed by atoms with van der Waals surface area (Å²) >= 11 is 0. The summed E-state index contributed by atoms with van der Waals surface area (Å²) in [6.07, 6.45) is 0. The Balaban J connectivity index is 1.76. The maximum atomic E-state index is 13.6. The Morgan fingerprint density at radius 2 is 1.84 bits per heavy atom. The first kappa shape index (κ1) is 16.8. The molecule has 0 saturated carbocycles. The van der Waals surface area contributed by atoms with Gasteiger partial charge in [-0.2, -0.15) is 0 Å². The number of rotatable bonds is 4. The molecule has 0 aromatic heterocycles. The summed E-state index contributed by atoms with van der Waals surface area (Å²) in [6, 6.07) is 10.9. The van der Waals surface area contributed by atoms with Crippen LogP contribution in [0, 0.1) is 5.82 Å². The number of fused-ring (bicyclic) bond motifs is 1. The van der Waals surface area contributed by atoms with Crippen molar-refractivity contribution < 1.29 is 23.5 Å². The molecule has 7 heteroatoms. The van der Waals surface area contributed by atoms with E-state index in [1.54, 1.807) is 24.3 Å². The zero-order chi connectivity index (χ0) is 17.8. The predicted octanol–water partition coefficient (Wildman–Crippen LogP) is 2.59. The van der Waals surface area contributed by atoms with Crippen LogP contribution in [0.1, 0.15) is 6.92 Å². The van der Waals surface area contributed by atoms with E-state index in [1.165, 1.54) is 30.0 Å². The number of nitrogens with zero attached hydrogens (tertiary/aromatic N) is 1. The first-order valence-electron chi connectivity index (χ1n) is 7.77. The molecular formula is C18H17FN2O4. The van der Waals surface area contributed by atoms with E-state index >= 15 is 0 Å². The van der Waals surface area contributed by atoms with Crippen LogP contribution in [-0.2, 0) is 9.59 Å². The number of benzene rings is 2. The van der Waals surface area contributed by atoms with Crippen LogP contribution < -0.4 is 19.7 Å². The number of carbonyl (C=O) groups is 2. The second-order valence-corrected chi connectivity index (χ2v) is 5.46. The van der Waals surface area contributed by atoms with Crippen LogP contribution in [0.25, 0.3) is 0 Å². The Bertz CT molecular complexity index is 809. The third-order valence-electron chi connectivity index (χ3n) is 3.67. The van der Waals surface area contributed by atoms with Crippen molar-refractivity contribution in [2.75, 3.05) is 30.0 Å². The summed E-state index contributed by atoms with van der Waals surface area (Å²) in [4.78, 5) is 25.5. The number of halogens is 1. The van der Waals surface area contributed by atoms with Gasteiger partial charge < -0.3 is 19.7 Å². The van der Waals surface area contributed by atoms with Crippen LogP contribution in [-0.4, -0.2) is 31.6 Å². The molecule has 130 valence electrons. The van der Waals surface area contributed by atoms with Crippen LogP contribution >= 0.6 is 0 Å². The summed E-state index contributed by atoms with van der Waals surface area (Å²) in [6.45, 7) is 1.99. The van der Waals surface area contributed by atoms with Crippen molar-refractivity contribution in [2.45, 2.75) is 6.92 Å². The molecule has 1 N–H and O–H groups in total. The molecule has 25 heavy (non-hydrogen) atoms. The number of ether oxygens (including phenoxy) is 2. The van der Waals surface area contributed by atoms with E-state index < -0.39 is 11.7 Å². The van der Waals surface area contributed by atoms with E-state index in [1.807, 2.05) is 0 Å². The van der Waals surface area contributed by atoms with Gasteiger partial charge in [0.1, 0.15) is 25.6 Å². The topological polar surface area (TPSA) is 67.9 Å². The van der Waals surface area contributed by atoms with Crippen LogP contribution in [0.15, 0.2) is 42.5 Å². The summed E-state index contributed by atoms with van der Waals surface area (Å²) in [5.74, 6) is -0.251. The number of nitrogens with one attached hydrogen (secondary N) is 1. The largest absolute Gasteiger partial charge is 0.486 e. The molecule has 2 aromatic rings. The fraction of sp³-hybridized carbons (Fsp3) is 0.222. The molecule has 0 spiro atoms. The second-order valence-electron chi connectivity index (χ2n) is 5.46. The third-order valence-corrected chi connectivity index (χ3v) is 3.67. The normalized spacial score (nSPS) is 12.4. The number of hydrogen-bond donors (Lipinski definition) is 1. The molecular weight excluding hydrogens is 327 g/mol. The van der Waals surface area contributed by atoms with Gasteiger partial charge in [-0.25, -0.2) is 4.39 Å². The molecule has 1 aliphatic rings. The minimum absolute atomic E-state index is 0.0678. The van der Waals surface area contributed by atoms with Gasteiger partial charge >= 0.3 is 0 Å². The van der Waals surface area contributed by atoms with Crippen molar-refractivity contribution in [1.82, 2.24) is 0 Å². The number of para-hydroxylation sites is 1. The molecule has 6 nitrogen and oxygen atoms in total. The molecule has 0 unspecified atom stereocenters. The van der Waals surface area contributed by atoms with Crippen molar-refractivity contribution in [1.29, 1.82) is 0 Å². The van der Waals surface area contributed by atoms with Crippen molar-refractivity contribution in [3.63, 3.8) is 0 Å². The standard InChI is InChI=1S/C18H17FN2O4/c1-12(22)21(11-18(23)20-15-5-3-2-4-14(15)19)13-6-7-16-17(10-13)25-9-8-24-16/h2-7,10H,8-9,11H2,1H3,(H,20,23). The average Bonchev–Trinajstić information content (AvgIpc) is 2.61. The fourth-order valence-electron chi connectivity index (χ4n) is 2.48.